The molecule has 118 valence electrons. The SMILES string of the molecule is CCC1CCC(CNC(=O)NCC(O)c2ccco2)CC1. The van der Waals surface area contributed by atoms with E-state index in [1.165, 1.54) is 38.4 Å². The highest BCUT2D eigenvalue weighted by molar-refractivity contribution is 5.73. The van der Waals surface area contributed by atoms with E-state index >= 15 is 0 Å². The van der Waals surface area contributed by atoms with Gasteiger partial charge in [-0.1, -0.05) is 26.2 Å². The van der Waals surface area contributed by atoms with Crippen LogP contribution in [0.2, 0.25) is 0 Å². The van der Waals surface area contributed by atoms with E-state index in [9.17, 15) is 9.90 Å². The Balaban J connectivity index is 1.60. The Morgan fingerprint density at radius 1 is 1.33 bits per heavy atom. The first kappa shape index (κ1) is 15.9. The van der Waals surface area contributed by atoms with Gasteiger partial charge in [0.2, 0.25) is 0 Å². The number of hydrogen-bond donors (Lipinski definition) is 3. The van der Waals surface area contributed by atoms with E-state index < -0.39 is 6.10 Å². The zero-order chi connectivity index (χ0) is 15.1. The quantitative estimate of drug-likeness (QED) is 0.755. The molecule has 1 aromatic heterocycles. The second-order valence-corrected chi connectivity index (χ2v) is 5.92. The number of nitrogens with one attached hydrogen (secondary N) is 2. The van der Waals surface area contributed by atoms with Crippen molar-refractivity contribution in [1.82, 2.24) is 10.6 Å². The summed E-state index contributed by atoms with van der Waals surface area (Å²) >= 11 is 0. The third-order valence-electron chi connectivity index (χ3n) is 4.42. The molecule has 21 heavy (non-hydrogen) atoms. The Bertz CT molecular complexity index is 411. The molecule has 5 nitrogen and oxygen atoms in total. The van der Waals surface area contributed by atoms with Crippen LogP contribution in [0.25, 0.3) is 0 Å². The maximum absolute atomic E-state index is 11.7. The Labute approximate surface area is 126 Å². The van der Waals surface area contributed by atoms with Crippen LogP contribution in [0.3, 0.4) is 0 Å². The molecule has 1 fully saturated rings. The van der Waals surface area contributed by atoms with Crippen LogP contribution in [-0.4, -0.2) is 24.2 Å². The molecule has 0 radical (unpaired) electrons. The fraction of sp³-hybridized carbons (Fsp3) is 0.688. The molecule has 1 atom stereocenters. The number of amides is 2. The number of carbonyl (C=O) groups excluding carboxylic acids is 1. The summed E-state index contributed by atoms with van der Waals surface area (Å²) in [5, 5.41) is 15.4. The maximum atomic E-state index is 11.7. The van der Waals surface area contributed by atoms with Gasteiger partial charge in [-0.05, 0) is 36.8 Å². The molecule has 1 aromatic rings. The summed E-state index contributed by atoms with van der Waals surface area (Å²) in [6.45, 7) is 3.13. The van der Waals surface area contributed by atoms with Crippen molar-refractivity contribution in [2.45, 2.75) is 45.1 Å². The molecular formula is C16H26N2O3. The number of carbonyl (C=O) groups is 1. The van der Waals surface area contributed by atoms with Gasteiger partial charge in [-0.15, -0.1) is 0 Å². The van der Waals surface area contributed by atoms with Crippen molar-refractivity contribution in [2.24, 2.45) is 11.8 Å². The zero-order valence-electron chi connectivity index (χ0n) is 12.7. The minimum absolute atomic E-state index is 0.155. The minimum atomic E-state index is -0.800. The highest BCUT2D eigenvalue weighted by Crippen LogP contribution is 2.29. The lowest BCUT2D eigenvalue weighted by atomic mass is 9.81. The second kappa shape index (κ2) is 8.08. The van der Waals surface area contributed by atoms with Crippen LogP contribution in [0.1, 0.15) is 50.9 Å². The maximum Gasteiger partial charge on any atom is 0.314 e. The molecular weight excluding hydrogens is 268 g/mol. The first-order valence-electron chi connectivity index (χ1n) is 7.92. The van der Waals surface area contributed by atoms with Gasteiger partial charge in [-0.3, -0.25) is 0 Å². The van der Waals surface area contributed by atoms with Crippen molar-refractivity contribution in [1.29, 1.82) is 0 Å². The van der Waals surface area contributed by atoms with Crippen molar-refractivity contribution < 1.29 is 14.3 Å². The average Bonchev–Trinajstić information content (AvgIpc) is 3.05. The first-order valence-corrected chi connectivity index (χ1v) is 7.92. The first-order chi connectivity index (χ1) is 10.2. The van der Waals surface area contributed by atoms with E-state index in [1.807, 2.05) is 0 Å². The van der Waals surface area contributed by atoms with Crippen LogP contribution in [0.15, 0.2) is 22.8 Å². The van der Waals surface area contributed by atoms with Crippen molar-refractivity contribution in [3.63, 3.8) is 0 Å². The van der Waals surface area contributed by atoms with Crippen LogP contribution < -0.4 is 10.6 Å². The van der Waals surface area contributed by atoms with Crippen molar-refractivity contribution >= 4 is 6.03 Å². The largest absolute Gasteiger partial charge is 0.467 e. The number of hydrogen-bond acceptors (Lipinski definition) is 3. The van der Waals surface area contributed by atoms with Crippen LogP contribution in [0.5, 0.6) is 0 Å². The van der Waals surface area contributed by atoms with Gasteiger partial charge >= 0.3 is 6.03 Å². The Kier molecular flexibility index (Phi) is 6.11. The second-order valence-electron chi connectivity index (χ2n) is 5.92. The molecule has 1 unspecified atom stereocenters. The van der Waals surface area contributed by atoms with E-state index in [4.69, 9.17) is 4.42 Å². The van der Waals surface area contributed by atoms with E-state index in [1.54, 1.807) is 12.1 Å². The third kappa shape index (κ3) is 5.08. The molecule has 0 bridgehead atoms. The van der Waals surface area contributed by atoms with Gasteiger partial charge in [0.25, 0.3) is 0 Å². The summed E-state index contributed by atoms with van der Waals surface area (Å²) in [6.07, 6.45) is 6.94. The summed E-state index contributed by atoms with van der Waals surface area (Å²) in [5.41, 5.74) is 0. The van der Waals surface area contributed by atoms with Crippen molar-refractivity contribution in [2.75, 3.05) is 13.1 Å². The summed E-state index contributed by atoms with van der Waals surface area (Å²) in [6, 6.07) is 3.18. The fourth-order valence-electron chi connectivity index (χ4n) is 2.91. The van der Waals surface area contributed by atoms with Gasteiger partial charge in [0.05, 0.1) is 12.8 Å². The molecule has 2 rings (SSSR count). The van der Waals surface area contributed by atoms with Crippen molar-refractivity contribution in [3.05, 3.63) is 24.2 Å². The normalized spacial score (nSPS) is 23.5. The van der Waals surface area contributed by atoms with Gasteiger partial charge in [-0.2, -0.15) is 0 Å². The van der Waals surface area contributed by atoms with Crippen LogP contribution in [0, 0.1) is 11.8 Å². The van der Waals surface area contributed by atoms with E-state index in [0.717, 1.165) is 12.5 Å². The number of aliphatic hydroxyl groups is 1. The Morgan fingerprint density at radius 2 is 2.05 bits per heavy atom. The van der Waals surface area contributed by atoms with Crippen LogP contribution >= 0.6 is 0 Å². The number of furan rings is 1. The lowest BCUT2D eigenvalue weighted by molar-refractivity contribution is 0.147. The van der Waals surface area contributed by atoms with E-state index in [-0.39, 0.29) is 12.6 Å². The molecule has 0 saturated heterocycles. The zero-order valence-corrected chi connectivity index (χ0v) is 12.7. The molecule has 0 spiro atoms. The van der Waals surface area contributed by atoms with E-state index in [2.05, 4.69) is 17.6 Å². The molecule has 1 heterocycles. The molecule has 3 N–H and O–H groups in total. The van der Waals surface area contributed by atoms with Gasteiger partial charge in [0.1, 0.15) is 11.9 Å². The molecule has 1 aliphatic carbocycles. The van der Waals surface area contributed by atoms with E-state index in [0.29, 0.717) is 11.7 Å². The molecule has 0 aliphatic heterocycles. The topological polar surface area (TPSA) is 74.5 Å². The van der Waals surface area contributed by atoms with Gasteiger partial charge in [0, 0.05) is 6.54 Å². The monoisotopic (exact) mass is 294 g/mol. The van der Waals surface area contributed by atoms with Crippen LogP contribution in [-0.2, 0) is 0 Å². The summed E-state index contributed by atoms with van der Waals surface area (Å²) in [7, 11) is 0. The van der Waals surface area contributed by atoms with Crippen LogP contribution in [0.4, 0.5) is 4.79 Å². The Morgan fingerprint density at radius 3 is 2.67 bits per heavy atom. The lowest BCUT2D eigenvalue weighted by Crippen LogP contribution is -2.40. The number of rotatable bonds is 6. The summed E-state index contributed by atoms with van der Waals surface area (Å²) in [5.74, 6) is 1.93. The fourth-order valence-corrected chi connectivity index (χ4v) is 2.91. The molecule has 5 heteroatoms. The minimum Gasteiger partial charge on any atom is -0.467 e. The summed E-state index contributed by atoms with van der Waals surface area (Å²) < 4.78 is 5.08. The standard InChI is InChI=1S/C16H26N2O3/c1-2-12-5-7-13(8-6-12)10-17-16(20)18-11-14(19)15-4-3-9-21-15/h3-4,9,12-14,19H,2,5-8,10-11H2,1H3,(H2,17,18,20). The molecule has 1 aliphatic rings. The molecule has 2 amide bonds. The van der Waals surface area contributed by atoms with Gasteiger partial charge in [-0.25, -0.2) is 4.79 Å². The van der Waals surface area contributed by atoms with Gasteiger partial charge in [0.15, 0.2) is 0 Å². The lowest BCUT2D eigenvalue weighted by Gasteiger charge is -2.27. The number of aliphatic hydroxyl groups excluding tert-OH is 1. The molecule has 1 saturated carbocycles. The number of urea groups is 1. The third-order valence-corrected chi connectivity index (χ3v) is 4.42. The predicted octanol–water partition coefficient (Wildman–Crippen LogP) is 2.83. The van der Waals surface area contributed by atoms with Gasteiger partial charge < -0.3 is 20.2 Å². The highest BCUT2D eigenvalue weighted by atomic mass is 16.4. The highest BCUT2D eigenvalue weighted by Gasteiger charge is 2.20. The smallest absolute Gasteiger partial charge is 0.314 e. The Hall–Kier alpha value is -1.49. The van der Waals surface area contributed by atoms with Crippen molar-refractivity contribution in [3.8, 4) is 0 Å². The molecule has 0 aromatic carbocycles. The summed E-state index contributed by atoms with van der Waals surface area (Å²) in [4.78, 5) is 11.7. The predicted molar refractivity (Wildman–Crippen MR) is 80.8 cm³/mol. The average molecular weight is 294 g/mol.